The topological polar surface area (TPSA) is 52.3 Å². The van der Waals surface area contributed by atoms with E-state index in [9.17, 15) is 4.79 Å². The van der Waals surface area contributed by atoms with Crippen molar-refractivity contribution >= 4 is 5.78 Å². The van der Waals surface area contributed by atoms with Gasteiger partial charge < -0.3 is 9.26 Å². The molecule has 0 atom stereocenters. The quantitative estimate of drug-likeness (QED) is 0.770. The molecule has 19 heavy (non-hydrogen) atoms. The number of ketones is 1. The van der Waals surface area contributed by atoms with Crippen LogP contribution in [-0.2, 0) is 6.61 Å². The number of aromatic nitrogens is 1. The zero-order valence-corrected chi connectivity index (χ0v) is 11.3. The van der Waals surface area contributed by atoms with Crippen LogP contribution in [0.15, 0.2) is 34.9 Å². The zero-order valence-electron chi connectivity index (χ0n) is 11.3. The molecule has 1 heterocycles. The molecule has 0 N–H and O–H groups in total. The monoisotopic (exact) mass is 259 g/mol. The zero-order chi connectivity index (χ0) is 13.8. The number of Topliss-reactive ketones (excluding diaryl/α,β-unsaturated/α-hetero) is 1. The van der Waals surface area contributed by atoms with Gasteiger partial charge in [-0.3, -0.25) is 4.79 Å². The Kier molecular flexibility index (Phi) is 4.00. The maximum absolute atomic E-state index is 11.1. The molecule has 1 aromatic carbocycles. The number of benzene rings is 1. The molecule has 4 nitrogen and oxygen atoms in total. The van der Waals surface area contributed by atoms with Crippen LogP contribution in [0, 0.1) is 0 Å². The van der Waals surface area contributed by atoms with Gasteiger partial charge in [0.2, 0.25) is 0 Å². The van der Waals surface area contributed by atoms with Crippen molar-refractivity contribution in [1.29, 1.82) is 0 Å². The Morgan fingerprint density at radius 3 is 2.53 bits per heavy atom. The highest BCUT2D eigenvalue weighted by Gasteiger charge is 2.08. The van der Waals surface area contributed by atoms with Crippen molar-refractivity contribution in [3.05, 3.63) is 47.3 Å². The summed E-state index contributed by atoms with van der Waals surface area (Å²) in [6, 6.07) is 8.94. The Labute approximate surface area is 112 Å². The van der Waals surface area contributed by atoms with Crippen molar-refractivity contribution in [3.8, 4) is 5.75 Å². The lowest BCUT2D eigenvalue weighted by Gasteiger charge is -2.03. The highest BCUT2D eigenvalue weighted by molar-refractivity contribution is 5.94. The standard InChI is InChI=1S/C15H17NO3/c1-10(2)15-8-14(19-16-15)9-18-13-6-4-12(5-7-13)11(3)17/h4-8,10H,9H2,1-3H3. The second-order valence-electron chi connectivity index (χ2n) is 4.74. The van der Waals surface area contributed by atoms with Crippen LogP contribution in [0.25, 0.3) is 0 Å². The molecule has 0 fully saturated rings. The Morgan fingerprint density at radius 1 is 1.32 bits per heavy atom. The molecule has 0 unspecified atom stereocenters. The largest absolute Gasteiger partial charge is 0.486 e. The molecule has 100 valence electrons. The maximum Gasteiger partial charge on any atom is 0.174 e. The average molecular weight is 259 g/mol. The van der Waals surface area contributed by atoms with Gasteiger partial charge in [0.05, 0.1) is 5.69 Å². The summed E-state index contributed by atoms with van der Waals surface area (Å²) in [6.07, 6.45) is 0. The SMILES string of the molecule is CC(=O)c1ccc(OCc2cc(C(C)C)no2)cc1. The minimum atomic E-state index is 0.0448. The Balaban J connectivity index is 1.96. The first-order valence-electron chi connectivity index (χ1n) is 6.25. The molecule has 2 aromatic rings. The summed E-state index contributed by atoms with van der Waals surface area (Å²) in [5.74, 6) is 1.78. The number of nitrogens with zero attached hydrogens (tertiary/aromatic N) is 1. The van der Waals surface area contributed by atoms with Gasteiger partial charge in [-0.1, -0.05) is 19.0 Å². The molecule has 0 spiro atoms. The van der Waals surface area contributed by atoms with E-state index in [4.69, 9.17) is 9.26 Å². The van der Waals surface area contributed by atoms with Crippen LogP contribution in [-0.4, -0.2) is 10.9 Å². The summed E-state index contributed by atoms with van der Waals surface area (Å²) < 4.78 is 10.8. The van der Waals surface area contributed by atoms with E-state index in [1.807, 2.05) is 6.07 Å². The lowest BCUT2D eigenvalue weighted by Crippen LogP contribution is -1.95. The number of hydrogen-bond donors (Lipinski definition) is 0. The fourth-order valence-electron chi connectivity index (χ4n) is 1.61. The van der Waals surface area contributed by atoms with Gasteiger partial charge in [0.15, 0.2) is 11.5 Å². The summed E-state index contributed by atoms with van der Waals surface area (Å²) in [5.41, 5.74) is 1.60. The molecule has 0 aliphatic rings. The van der Waals surface area contributed by atoms with Crippen LogP contribution >= 0.6 is 0 Å². The molecule has 0 amide bonds. The minimum absolute atomic E-state index is 0.0448. The molecule has 0 aliphatic heterocycles. The van der Waals surface area contributed by atoms with E-state index in [0.29, 0.717) is 29.6 Å². The van der Waals surface area contributed by atoms with Crippen molar-refractivity contribution in [3.63, 3.8) is 0 Å². The first kappa shape index (κ1) is 13.3. The third-order valence-corrected chi connectivity index (χ3v) is 2.81. The molecule has 1 aromatic heterocycles. The number of ether oxygens (including phenoxy) is 1. The minimum Gasteiger partial charge on any atom is -0.486 e. The van der Waals surface area contributed by atoms with Crippen molar-refractivity contribution in [2.24, 2.45) is 0 Å². The van der Waals surface area contributed by atoms with Crippen LogP contribution in [0.4, 0.5) is 0 Å². The van der Waals surface area contributed by atoms with Gasteiger partial charge in [0, 0.05) is 11.6 Å². The molecule has 2 rings (SSSR count). The van der Waals surface area contributed by atoms with Crippen molar-refractivity contribution in [2.45, 2.75) is 33.3 Å². The van der Waals surface area contributed by atoms with E-state index in [0.717, 1.165) is 5.69 Å². The van der Waals surface area contributed by atoms with Crippen molar-refractivity contribution in [1.82, 2.24) is 5.16 Å². The van der Waals surface area contributed by atoms with Crippen molar-refractivity contribution < 1.29 is 14.1 Å². The molecule has 0 bridgehead atoms. The smallest absolute Gasteiger partial charge is 0.174 e. The summed E-state index contributed by atoms with van der Waals surface area (Å²) in [5, 5.41) is 3.97. The normalized spacial score (nSPS) is 10.7. The van der Waals surface area contributed by atoms with Crippen LogP contribution in [0.3, 0.4) is 0 Å². The third kappa shape index (κ3) is 3.44. The second kappa shape index (κ2) is 5.69. The van der Waals surface area contributed by atoms with Gasteiger partial charge in [-0.2, -0.15) is 0 Å². The van der Waals surface area contributed by atoms with Crippen LogP contribution in [0.2, 0.25) is 0 Å². The van der Waals surface area contributed by atoms with Gasteiger partial charge in [-0.05, 0) is 37.1 Å². The van der Waals surface area contributed by atoms with Crippen LogP contribution in [0.5, 0.6) is 5.75 Å². The van der Waals surface area contributed by atoms with Gasteiger partial charge in [-0.15, -0.1) is 0 Å². The molecule has 0 radical (unpaired) electrons. The van der Waals surface area contributed by atoms with E-state index in [2.05, 4.69) is 19.0 Å². The fraction of sp³-hybridized carbons (Fsp3) is 0.333. The fourth-order valence-corrected chi connectivity index (χ4v) is 1.61. The first-order valence-corrected chi connectivity index (χ1v) is 6.25. The van der Waals surface area contributed by atoms with Crippen molar-refractivity contribution in [2.75, 3.05) is 0 Å². The first-order chi connectivity index (χ1) is 9.06. The lowest BCUT2D eigenvalue weighted by molar-refractivity contribution is 0.101. The average Bonchev–Trinajstić information content (AvgIpc) is 2.86. The summed E-state index contributed by atoms with van der Waals surface area (Å²) >= 11 is 0. The predicted octanol–water partition coefficient (Wildman–Crippen LogP) is 3.58. The number of carbonyl (C=O) groups is 1. The summed E-state index contributed by atoms with van der Waals surface area (Å²) in [4.78, 5) is 11.1. The predicted molar refractivity (Wildman–Crippen MR) is 71.4 cm³/mol. The Hall–Kier alpha value is -2.10. The highest BCUT2D eigenvalue weighted by atomic mass is 16.5. The highest BCUT2D eigenvalue weighted by Crippen LogP contribution is 2.17. The third-order valence-electron chi connectivity index (χ3n) is 2.81. The van der Waals surface area contributed by atoms with Gasteiger partial charge in [0.1, 0.15) is 12.4 Å². The maximum atomic E-state index is 11.1. The Bertz CT molecular complexity index is 555. The van der Waals surface area contributed by atoms with E-state index in [1.54, 1.807) is 24.3 Å². The van der Waals surface area contributed by atoms with Gasteiger partial charge in [-0.25, -0.2) is 0 Å². The molecule has 0 aliphatic carbocycles. The van der Waals surface area contributed by atoms with Gasteiger partial charge >= 0.3 is 0 Å². The number of hydrogen-bond acceptors (Lipinski definition) is 4. The molecular formula is C15H17NO3. The second-order valence-corrected chi connectivity index (χ2v) is 4.74. The Morgan fingerprint density at radius 2 is 2.00 bits per heavy atom. The molecule has 0 saturated heterocycles. The van der Waals surface area contributed by atoms with Gasteiger partial charge in [0.25, 0.3) is 0 Å². The van der Waals surface area contributed by atoms with E-state index < -0.39 is 0 Å². The van der Waals surface area contributed by atoms with Crippen LogP contribution in [0.1, 0.15) is 48.5 Å². The molecular weight excluding hydrogens is 242 g/mol. The molecule has 4 heteroatoms. The number of rotatable bonds is 5. The van der Waals surface area contributed by atoms with Crippen LogP contribution < -0.4 is 4.74 Å². The summed E-state index contributed by atoms with van der Waals surface area (Å²) in [7, 11) is 0. The van der Waals surface area contributed by atoms with E-state index >= 15 is 0 Å². The number of carbonyl (C=O) groups excluding carboxylic acids is 1. The van der Waals surface area contributed by atoms with E-state index in [-0.39, 0.29) is 5.78 Å². The molecule has 0 saturated carbocycles. The summed E-state index contributed by atoms with van der Waals surface area (Å²) in [6.45, 7) is 5.99. The lowest BCUT2D eigenvalue weighted by atomic mass is 10.1. The van der Waals surface area contributed by atoms with E-state index in [1.165, 1.54) is 6.92 Å².